The van der Waals surface area contributed by atoms with E-state index in [1.807, 2.05) is 17.7 Å². The molecule has 3 aromatic rings. The summed E-state index contributed by atoms with van der Waals surface area (Å²) in [6.07, 6.45) is 0.947. The first kappa shape index (κ1) is 13.5. The zero-order valence-corrected chi connectivity index (χ0v) is 12.3. The molecule has 0 radical (unpaired) electrons. The average Bonchev–Trinajstić information content (AvgIpc) is 2.97. The third-order valence-corrected chi connectivity index (χ3v) is 3.34. The van der Waals surface area contributed by atoms with E-state index in [9.17, 15) is 0 Å². The van der Waals surface area contributed by atoms with Gasteiger partial charge < -0.3 is 15.5 Å². The number of nitrogens with zero attached hydrogens (tertiary/aromatic N) is 3. The van der Waals surface area contributed by atoms with E-state index < -0.39 is 0 Å². The molecule has 6 heteroatoms. The van der Waals surface area contributed by atoms with E-state index in [1.54, 1.807) is 12.1 Å². The summed E-state index contributed by atoms with van der Waals surface area (Å²) >= 11 is 0. The number of nitrogens with two attached hydrogens (primary N) is 1. The molecule has 0 aliphatic carbocycles. The van der Waals surface area contributed by atoms with Gasteiger partial charge in [0.15, 0.2) is 5.58 Å². The minimum absolute atomic E-state index is 0.531. The van der Waals surface area contributed by atoms with Crippen LogP contribution in [0.1, 0.15) is 17.8 Å². The minimum Gasteiger partial charge on any atom is -0.424 e. The molecule has 0 aliphatic heterocycles. The lowest BCUT2D eigenvalue weighted by Gasteiger charge is -2.04. The first-order chi connectivity index (χ1) is 10.1. The molecule has 0 amide bonds. The number of aryl methyl sites for hydroxylation is 3. The lowest BCUT2D eigenvalue weighted by Crippen LogP contribution is -2.09. The largest absolute Gasteiger partial charge is 0.424 e. The Labute approximate surface area is 123 Å². The molecule has 1 aromatic carbocycles. The summed E-state index contributed by atoms with van der Waals surface area (Å²) in [7, 11) is 0. The van der Waals surface area contributed by atoms with Gasteiger partial charge in [-0.25, -0.2) is 0 Å². The van der Waals surface area contributed by atoms with E-state index in [0.29, 0.717) is 11.7 Å². The maximum Gasteiger partial charge on any atom is 0.295 e. The summed E-state index contributed by atoms with van der Waals surface area (Å²) in [5, 5.41) is 7.63. The summed E-state index contributed by atoms with van der Waals surface area (Å²) in [5.41, 5.74) is 10.2. The maximum atomic E-state index is 5.72. The lowest BCUT2D eigenvalue weighted by atomic mass is 10.3. The molecule has 3 rings (SSSR count). The first-order valence-electron chi connectivity index (χ1n) is 7.03. The van der Waals surface area contributed by atoms with Crippen LogP contribution >= 0.6 is 0 Å². The quantitative estimate of drug-likeness (QED) is 0.556. The highest BCUT2D eigenvalue weighted by Gasteiger charge is 2.05. The summed E-state index contributed by atoms with van der Waals surface area (Å²) < 4.78 is 7.62. The van der Waals surface area contributed by atoms with Gasteiger partial charge in [0.05, 0.1) is 5.69 Å². The number of hydrogen-bond acceptors (Lipinski definition) is 5. The smallest absolute Gasteiger partial charge is 0.295 e. The number of nitrogens with one attached hydrogen (secondary N) is 1. The van der Waals surface area contributed by atoms with E-state index in [0.717, 1.165) is 36.3 Å². The number of fused-ring (bicyclic) bond motifs is 1. The van der Waals surface area contributed by atoms with Gasteiger partial charge in [-0.05, 0) is 44.5 Å². The van der Waals surface area contributed by atoms with Crippen molar-refractivity contribution < 1.29 is 4.42 Å². The third kappa shape index (κ3) is 2.99. The monoisotopic (exact) mass is 285 g/mol. The molecule has 0 unspecified atom stereocenters. The van der Waals surface area contributed by atoms with Crippen molar-refractivity contribution in [2.75, 3.05) is 17.6 Å². The first-order valence-corrected chi connectivity index (χ1v) is 7.03. The van der Waals surface area contributed by atoms with E-state index in [1.165, 1.54) is 5.69 Å². The molecule has 0 fully saturated rings. The van der Waals surface area contributed by atoms with Crippen molar-refractivity contribution in [2.45, 2.75) is 26.8 Å². The molecule has 0 bridgehead atoms. The van der Waals surface area contributed by atoms with Crippen molar-refractivity contribution in [2.24, 2.45) is 0 Å². The highest BCUT2D eigenvalue weighted by atomic mass is 16.4. The van der Waals surface area contributed by atoms with Crippen molar-refractivity contribution in [1.29, 1.82) is 0 Å². The Bertz CT molecular complexity index is 759. The minimum atomic E-state index is 0.531. The van der Waals surface area contributed by atoms with Crippen LogP contribution in [0.4, 0.5) is 11.7 Å². The van der Waals surface area contributed by atoms with Crippen LogP contribution in [0.5, 0.6) is 0 Å². The molecule has 6 nitrogen and oxygen atoms in total. The molecular weight excluding hydrogens is 266 g/mol. The van der Waals surface area contributed by atoms with Gasteiger partial charge in [0.25, 0.3) is 6.01 Å². The van der Waals surface area contributed by atoms with Crippen LogP contribution in [0, 0.1) is 13.8 Å². The molecule has 21 heavy (non-hydrogen) atoms. The number of oxazole rings is 1. The Hall–Kier alpha value is -2.50. The predicted octanol–water partition coefficient (Wildman–Crippen LogP) is 2.73. The fourth-order valence-corrected chi connectivity index (χ4v) is 2.35. The van der Waals surface area contributed by atoms with Crippen molar-refractivity contribution in [3.8, 4) is 0 Å². The zero-order valence-electron chi connectivity index (χ0n) is 12.3. The van der Waals surface area contributed by atoms with E-state index in [4.69, 9.17) is 10.2 Å². The van der Waals surface area contributed by atoms with Crippen molar-refractivity contribution in [3.63, 3.8) is 0 Å². The van der Waals surface area contributed by atoms with Gasteiger partial charge in [-0.1, -0.05) is 0 Å². The molecule has 0 saturated heterocycles. The fourth-order valence-electron chi connectivity index (χ4n) is 2.35. The van der Waals surface area contributed by atoms with Gasteiger partial charge in [0.1, 0.15) is 5.52 Å². The van der Waals surface area contributed by atoms with Crippen molar-refractivity contribution in [1.82, 2.24) is 14.8 Å². The Balaban J connectivity index is 1.55. The van der Waals surface area contributed by atoms with Gasteiger partial charge in [-0.15, -0.1) is 0 Å². The Morgan fingerprint density at radius 2 is 2.14 bits per heavy atom. The molecule has 3 N–H and O–H groups in total. The Morgan fingerprint density at radius 3 is 2.90 bits per heavy atom. The molecule has 0 saturated carbocycles. The standard InChI is InChI=1S/C15H19N5O/c1-10-8-11(2)20(19-10)7-3-6-17-15-18-13-9-12(16)4-5-14(13)21-15/h4-5,8-9H,3,6-7,16H2,1-2H3,(H,17,18). The van der Waals surface area contributed by atoms with Gasteiger partial charge in [0, 0.05) is 24.5 Å². The third-order valence-electron chi connectivity index (χ3n) is 3.34. The second-order valence-electron chi connectivity index (χ2n) is 5.18. The second-order valence-corrected chi connectivity index (χ2v) is 5.18. The van der Waals surface area contributed by atoms with Gasteiger partial charge in [0.2, 0.25) is 0 Å². The normalized spacial score (nSPS) is 11.1. The number of rotatable bonds is 5. The predicted molar refractivity (Wildman–Crippen MR) is 83.2 cm³/mol. The van der Waals surface area contributed by atoms with Crippen LogP contribution in [-0.2, 0) is 6.54 Å². The summed E-state index contributed by atoms with van der Waals surface area (Å²) in [6.45, 7) is 5.73. The summed E-state index contributed by atoms with van der Waals surface area (Å²) in [4.78, 5) is 4.36. The molecule has 2 aromatic heterocycles. The van der Waals surface area contributed by atoms with Crippen LogP contribution in [0.15, 0.2) is 28.7 Å². The van der Waals surface area contributed by atoms with Crippen LogP contribution < -0.4 is 11.1 Å². The Kier molecular flexibility index (Phi) is 3.51. The van der Waals surface area contributed by atoms with Crippen LogP contribution in [-0.4, -0.2) is 21.3 Å². The molecular formula is C15H19N5O. The summed E-state index contributed by atoms with van der Waals surface area (Å²) in [6, 6.07) is 8.06. The molecule has 0 spiro atoms. The average molecular weight is 285 g/mol. The number of anilines is 2. The summed E-state index contributed by atoms with van der Waals surface area (Å²) in [5.74, 6) is 0. The van der Waals surface area contributed by atoms with E-state index in [-0.39, 0.29) is 0 Å². The highest BCUT2D eigenvalue weighted by molar-refractivity contribution is 5.78. The van der Waals surface area contributed by atoms with Gasteiger partial charge >= 0.3 is 0 Å². The molecule has 0 aliphatic rings. The lowest BCUT2D eigenvalue weighted by molar-refractivity contribution is 0.563. The topological polar surface area (TPSA) is 81.9 Å². The molecule has 110 valence electrons. The van der Waals surface area contributed by atoms with Crippen LogP contribution in [0.25, 0.3) is 11.1 Å². The fraction of sp³-hybridized carbons (Fsp3) is 0.333. The molecule has 2 heterocycles. The number of benzene rings is 1. The second kappa shape index (κ2) is 5.47. The van der Waals surface area contributed by atoms with Crippen LogP contribution in [0.3, 0.4) is 0 Å². The van der Waals surface area contributed by atoms with E-state index in [2.05, 4.69) is 28.4 Å². The number of nitrogen functional groups attached to an aromatic ring is 1. The SMILES string of the molecule is Cc1cc(C)n(CCCNc2nc3cc(N)ccc3o2)n1. The van der Waals surface area contributed by atoms with Gasteiger partial charge in [-0.2, -0.15) is 10.1 Å². The highest BCUT2D eigenvalue weighted by Crippen LogP contribution is 2.20. The van der Waals surface area contributed by atoms with Gasteiger partial charge in [-0.3, -0.25) is 4.68 Å². The van der Waals surface area contributed by atoms with Crippen LogP contribution in [0.2, 0.25) is 0 Å². The van der Waals surface area contributed by atoms with Crippen molar-refractivity contribution in [3.05, 3.63) is 35.7 Å². The Morgan fingerprint density at radius 1 is 1.29 bits per heavy atom. The maximum absolute atomic E-state index is 5.72. The number of hydrogen-bond donors (Lipinski definition) is 2. The van der Waals surface area contributed by atoms with E-state index >= 15 is 0 Å². The number of aromatic nitrogens is 3. The molecule has 0 atom stereocenters. The zero-order chi connectivity index (χ0) is 14.8. The van der Waals surface area contributed by atoms with Crippen molar-refractivity contribution >= 4 is 22.8 Å².